The molecular weight excluding hydrogens is 306 g/mol. The number of ether oxygens (including phenoxy) is 2. The summed E-state index contributed by atoms with van der Waals surface area (Å²) < 4.78 is 12.0. The molecule has 0 heterocycles. The summed E-state index contributed by atoms with van der Waals surface area (Å²) in [6, 6.07) is 13.7. The molecule has 0 radical (unpaired) electrons. The first-order valence-corrected chi connectivity index (χ1v) is 6.77. The Morgan fingerprint density at radius 2 is 1.89 bits per heavy atom. The van der Waals surface area contributed by atoms with Gasteiger partial charge in [0.25, 0.3) is 0 Å². The minimum atomic E-state index is 0.463. The van der Waals surface area contributed by atoms with Gasteiger partial charge in [-0.3, -0.25) is 0 Å². The smallest absolute Gasteiger partial charge is 0.134 e. The molecule has 4 heteroatoms. The van der Waals surface area contributed by atoms with Crippen LogP contribution in [-0.2, 0) is 13.2 Å². The maximum absolute atomic E-state index is 5.80. The third-order valence-corrected chi connectivity index (χ3v) is 3.43. The first kappa shape index (κ1) is 13.9. The number of halogens is 1. The van der Waals surface area contributed by atoms with Crippen molar-refractivity contribution in [3.8, 4) is 11.5 Å². The van der Waals surface area contributed by atoms with E-state index in [1.165, 1.54) is 0 Å². The van der Waals surface area contributed by atoms with Gasteiger partial charge in [-0.25, -0.2) is 0 Å². The summed E-state index contributed by atoms with van der Waals surface area (Å²) in [6.45, 7) is 0.982. The van der Waals surface area contributed by atoms with Gasteiger partial charge in [0.15, 0.2) is 0 Å². The van der Waals surface area contributed by atoms with Gasteiger partial charge in [-0.05, 0) is 39.7 Å². The molecule has 0 fully saturated rings. The molecule has 0 spiro atoms. The fourth-order valence-electron chi connectivity index (χ4n) is 1.77. The second-order valence-electron chi connectivity index (χ2n) is 4.07. The average molecular weight is 322 g/mol. The highest BCUT2D eigenvalue weighted by Gasteiger charge is 2.05. The van der Waals surface area contributed by atoms with Crippen LogP contribution in [0.15, 0.2) is 46.9 Å². The summed E-state index contributed by atoms with van der Waals surface area (Å²) in [5.74, 6) is 1.63. The summed E-state index contributed by atoms with van der Waals surface area (Å²) in [4.78, 5) is 0. The van der Waals surface area contributed by atoms with E-state index in [4.69, 9.17) is 15.2 Å². The predicted octanol–water partition coefficient (Wildman–Crippen LogP) is 3.50. The highest BCUT2D eigenvalue weighted by Crippen LogP contribution is 2.28. The number of para-hydroxylation sites is 1. The largest absolute Gasteiger partial charge is 0.496 e. The van der Waals surface area contributed by atoms with Crippen molar-refractivity contribution in [3.05, 3.63) is 58.1 Å². The Balaban J connectivity index is 2.10. The Kier molecular flexibility index (Phi) is 4.82. The van der Waals surface area contributed by atoms with Crippen LogP contribution < -0.4 is 15.2 Å². The first-order valence-electron chi connectivity index (χ1n) is 5.97. The van der Waals surface area contributed by atoms with Crippen LogP contribution in [0.2, 0.25) is 0 Å². The number of nitrogens with two attached hydrogens (primary N) is 1. The summed E-state index contributed by atoms with van der Waals surface area (Å²) in [6.07, 6.45) is 0. The van der Waals surface area contributed by atoms with Crippen LogP contribution in [0.3, 0.4) is 0 Å². The van der Waals surface area contributed by atoms with Crippen LogP contribution in [0, 0.1) is 0 Å². The molecule has 0 bridgehead atoms. The molecular formula is C15H16BrNO2. The summed E-state index contributed by atoms with van der Waals surface area (Å²) in [7, 11) is 1.66. The number of methoxy groups -OCH3 is 1. The zero-order valence-electron chi connectivity index (χ0n) is 10.7. The van der Waals surface area contributed by atoms with E-state index in [1.54, 1.807) is 7.11 Å². The monoisotopic (exact) mass is 321 g/mol. The Hall–Kier alpha value is -1.52. The van der Waals surface area contributed by atoms with Crippen LogP contribution in [0.5, 0.6) is 11.5 Å². The molecule has 0 aromatic heterocycles. The highest BCUT2D eigenvalue weighted by molar-refractivity contribution is 9.10. The number of benzene rings is 2. The molecule has 19 heavy (non-hydrogen) atoms. The zero-order chi connectivity index (χ0) is 13.7. The molecule has 3 nitrogen and oxygen atoms in total. The van der Waals surface area contributed by atoms with Gasteiger partial charge >= 0.3 is 0 Å². The number of rotatable bonds is 5. The van der Waals surface area contributed by atoms with Crippen LogP contribution >= 0.6 is 15.9 Å². The standard InChI is InChI=1S/C15H16BrNO2/c1-18-14-5-3-2-4-12(14)10-19-15-7-6-11(9-17)8-13(15)16/h2-8H,9-10,17H2,1H3. The van der Waals surface area contributed by atoms with Crippen molar-refractivity contribution < 1.29 is 9.47 Å². The molecule has 100 valence electrons. The second kappa shape index (κ2) is 6.59. The summed E-state index contributed by atoms with van der Waals surface area (Å²) >= 11 is 3.49. The third-order valence-electron chi connectivity index (χ3n) is 2.81. The van der Waals surface area contributed by atoms with Gasteiger partial charge in [-0.15, -0.1) is 0 Å². The molecule has 0 atom stereocenters. The van der Waals surface area contributed by atoms with Gasteiger partial charge in [0.1, 0.15) is 18.1 Å². The van der Waals surface area contributed by atoms with Gasteiger partial charge < -0.3 is 15.2 Å². The van der Waals surface area contributed by atoms with Crippen molar-refractivity contribution in [2.75, 3.05) is 7.11 Å². The van der Waals surface area contributed by atoms with Crippen LogP contribution in [0.25, 0.3) is 0 Å². The van der Waals surface area contributed by atoms with E-state index < -0.39 is 0 Å². The van der Waals surface area contributed by atoms with Gasteiger partial charge in [-0.1, -0.05) is 24.3 Å². The van der Waals surface area contributed by atoms with Gasteiger partial charge in [0.05, 0.1) is 11.6 Å². The molecule has 2 N–H and O–H groups in total. The van der Waals surface area contributed by atoms with Gasteiger partial charge in [0, 0.05) is 12.1 Å². The lowest BCUT2D eigenvalue weighted by molar-refractivity contribution is 0.295. The molecule has 0 unspecified atom stereocenters. The highest BCUT2D eigenvalue weighted by atomic mass is 79.9. The van der Waals surface area contributed by atoms with Crippen molar-refractivity contribution in [2.45, 2.75) is 13.2 Å². The molecule has 0 saturated carbocycles. The van der Waals surface area contributed by atoms with Crippen LogP contribution in [-0.4, -0.2) is 7.11 Å². The maximum atomic E-state index is 5.80. The van der Waals surface area contributed by atoms with E-state index in [1.807, 2.05) is 42.5 Å². The quantitative estimate of drug-likeness (QED) is 0.916. The lowest BCUT2D eigenvalue weighted by atomic mass is 10.2. The molecule has 0 aliphatic heterocycles. The summed E-state index contributed by atoms with van der Waals surface area (Å²) in [5, 5.41) is 0. The van der Waals surface area contributed by atoms with Gasteiger partial charge in [0.2, 0.25) is 0 Å². The zero-order valence-corrected chi connectivity index (χ0v) is 12.3. The predicted molar refractivity (Wildman–Crippen MR) is 79.4 cm³/mol. The van der Waals surface area contributed by atoms with E-state index in [0.29, 0.717) is 13.2 Å². The van der Waals surface area contributed by atoms with Crippen LogP contribution in [0.1, 0.15) is 11.1 Å². The Morgan fingerprint density at radius 1 is 1.11 bits per heavy atom. The third kappa shape index (κ3) is 3.49. The lowest BCUT2D eigenvalue weighted by Crippen LogP contribution is -2.00. The Morgan fingerprint density at radius 3 is 2.58 bits per heavy atom. The van der Waals surface area contributed by atoms with Crippen molar-refractivity contribution in [1.29, 1.82) is 0 Å². The summed E-state index contributed by atoms with van der Waals surface area (Å²) in [5.41, 5.74) is 7.67. The minimum absolute atomic E-state index is 0.463. The molecule has 0 amide bonds. The molecule has 0 aliphatic carbocycles. The Bertz CT molecular complexity index is 558. The molecule has 0 saturated heterocycles. The number of hydrogen-bond acceptors (Lipinski definition) is 3. The molecule has 2 aromatic rings. The maximum Gasteiger partial charge on any atom is 0.134 e. The normalized spacial score (nSPS) is 10.3. The lowest BCUT2D eigenvalue weighted by Gasteiger charge is -2.11. The van der Waals surface area contributed by atoms with E-state index in [9.17, 15) is 0 Å². The first-order chi connectivity index (χ1) is 9.24. The van der Waals surface area contributed by atoms with Gasteiger partial charge in [-0.2, -0.15) is 0 Å². The van der Waals surface area contributed by atoms with Crippen molar-refractivity contribution >= 4 is 15.9 Å². The SMILES string of the molecule is COc1ccccc1COc1ccc(CN)cc1Br. The Labute approximate surface area is 121 Å². The fourth-order valence-corrected chi connectivity index (χ4v) is 2.31. The van der Waals surface area contributed by atoms with Crippen molar-refractivity contribution in [3.63, 3.8) is 0 Å². The second-order valence-corrected chi connectivity index (χ2v) is 4.92. The topological polar surface area (TPSA) is 44.5 Å². The average Bonchev–Trinajstić information content (AvgIpc) is 2.46. The van der Waals surface area contributed by atoms with E-state index in [2.05, 4.69) is 15.9 Å². The van der Waals surface area contributed by atoms with Crippen LogP contribution in [0.4, 0.5) is 0 Å². The molecule has 0 aliphatic rings. The fraction of sp³-hybridized carbons (Fsp3) is 0.200. The molecule has 2 rings (SSSR count). The minimum Gasteiger partial charge on any atom is -0.496 e. The van der Waals surface area contributed by atoms with E-state index in [-0.39, 0.29) is 0 Å². The van der Waals surface area contributed by atoms with E-state index >= 15 is 0 Å². The van der Waals surface area contributed by atoms with Crippen molar-refractivity contribution in [1.82, 2.24) is 0 Å². The molecule has 2 aromatic carbocycles. The van der Waals surface area contributed by atoms with E-state index in [0.717, 1.165) is 27.1 Å². The number of hydrogen-bond donors (Lipinski definition) is 1. The van der Waals surface area contributed by atoms with Crippen molar-refractivity contribution in [2.24, 2.45) is 5.73 Å².